The van der Waals surface area contributed by atoms with Crippen LogP contribution in [0.15, 0.2) is 60.8 Å². The van der Waals surface area contributed by atoms with E-state index in [1.807, 2.05) is 12.3 Å². The standard InChI is InChI=1S/C28H35N5OS/c1-21-19-24(22(2)33(21)20-23-9-4-3-5-10-23)27-26(25-11-6-7-12-29-25)30-28(35)32(27)14-8-13-31-15-17-34-18-16-31/h3-7,9-12,19,26-27H,8,13-18,20H2,1-2H3,(H,30,35)/t26-,27-/m0/s1. The number of nitrogens with one attached hydrogen (secondary N) is 1. The second-order valence-corrected chi connectivity index (χ2v) is 9.91. The van der Waals surface area contributed by atoms with Crippen LogP contribution in [0.25, 0.3) is 0 Å². The Morgan fingerprint density at radius 2 is 1.80 bits per heavy atom. The Morgan fingerprint density at radius 3 is 2.54 bits per heavy atom. The Bertz CT molecular complexity index is 1130. The lowest BCUT2D eigenvalue weighted by molar-refractivity contribution is 0.0365. The first kappa shape index (κ1) is 24.0. The molecule has 2 aromatic heterocycles. The number of pyridine rings is 1. The fraction of sp³-hybridized carbons (Fsp3) is 0.429. The van der Waals surface area contributed by atoms with E-state index in [-0.39, 0.29) is 12.1 Å². The average Bonchev–Trinajstić information content (AvgIpc) is 3.36. The normalized spacial score (nSPS) is 20.9. The molecule has 6 nitrogen and oxygen atoms in total. The van der Waals surface area contributed by atoms with Gasteiger partial charge in [0.05, 0.1) is 31.0 Å². The van der Waals surface area contributed by atoms with Crippen molar-refractivity contribution >= 4 is 17.3 Å². The molecule has 35 heavy (non-hydrogen) atoms. The van der Waals surface area contributed by atoms with Crippen molar-refractivity contribution in [1.29, 1.82) is 0 Å². The van der Waals surface area contributed by atoms with Crippen LogP contribution in [-0.2, 0) is 11.3 Å². The van der Waals surface area contributed by atoms with Crippen LogP contribution in [0, 0.1) is 13.8 Å². The van der Waals surface area contributed by atoms with E-state index in [1.54, 1.807) is 0 Å². The van der Waals surface area contributed by atoms with E-state index in [0.29, 0.717) is 0 Å². The highest BCUT2D eigenvalue weighted by Crippen LogP contribution is 2.41. The molecule has 3 aromatic rings. The summed E-state index contributed by atoms with van der Waals surface area (Å²) in [4.78, 5) is 9.59. The molecule has 2 aliphatic rings. The van der Waals surface area contributed by atoms with Gasteiger partial charge in [-0.25, -0.2) is 0 Å². The Balaban J connectivity index is 1.43. The highest BCUT2D eigenvalue weighted by molar-refractivity contribution is 7.80. The lowest BCUT2D eigenvalue weighted by Gasteiger charge is -2.30. The lowest BCUT2D eigenvalue weighted by Crippen LogP contribution is -2.39. The molecule has 0 amide bonds. The molecule has 2 fully saturated rings. The Kier molecular flexibility index (Phi) is 7.46. The van der Waals surface area contributed by atoms with E-state index in [9.17, 15) is 0 Å². The van der Waals surface area contributed by atoms with Gasteiger partial charge >= 0.3 is 0 Å². The van der Waals surface area contributed by atoms with Crippen molar-refractivity contribution in [1.82, 2.24) is 24.7 Å². The molecular weight excluding hydrogens is 454 g/mol. The van der Waals surface area contributed by atoms with Gasteiger partial charge in [0, 0.05) is 50.3 Å². The van der Waals surface area contributed by atoms with Crippen LogP contribution in [0.2, 0.25) is 0 Å². The third kappa shape index (κ3) is 5.27. The maximum absolute atomic E-state index is 5.90. The summed E-state index contributed by atoms with van der Waals surface area (Å²) in [5, 5.41) is 4.43. The number of benzene rings is 1. The van der Waals surface area contributed by atoms with Gasteiger partial charge in [-0.2, -0.15) is 0 Å². The van der Waals surface area contributed by atoms with Gasteiger partial charge in [-0.05, 0) is 61.8 Å². The molecule has 2 saturated heterocycles. The molecule has 2 atom stereocenters. The van der Waals surface area contributed by atoms with Gasteiger partial charge in [-0.1, -0.05) is 36.4 Å². The van der Waals surface area contributed by atoms with E-state index in [0.717, 1.165) is 63.2 Å². The zero-order valence-corrected chi connectivity index (χ0v) is 21.5. The summed E-state index contributed by atoms with van der Waals surface area (Å²) in [6, 6.07) is 19.3. The fourth-order valence-electron chi connectivity index (χ4n) is 5.41. The second-order valence-electron chi connectivity index (χ2n) is 9.53. The van der Waals surface area contributed by atoms with Gasteiger partial charge in [0.15, 0.2) is 5.11 Å². The maximum atomic E-state index is 5.90. The molecule has 0 spiro atoms. The largest absolute Gasteiger partial charge is 0.379 e. The molecule has 1 aromatic carbocycles. The van der Waals surface area contributed by atoms with Gasteiger partial charge in [-0.3, -0.25) is 9.88 Å². The van der Waals surface area contributed by atoms with Gasteiger partial charge in [0.1, 0.15) is 0 Å². The van der Waals surface area contributed by atoms with Crippen molar-refractivity contribution in [3.8, 4) is 0 Å². The van der Waals surface area contributed by atoms with Gasteiger partial charge in [0.2, 0.25) is 0 Å². The first-order valence-corrected chi connectivity index (χ1v) is 13.0. The van der Waals surface area contributed by atoms with Gasteiger partial charge in [0.25, 0.3) is 0 Å². The van der Waals surface area contributed by atoms with Crippen LogP contribution in [0.3, 0.4) is 0 Å². The molecule has 5 rings (SSSR count). The minimum absolute atomic E-state index is 0.0257. The SMILES string of the molecule is Cc1cc([C@H]2[C@H](c3ccccn3)NC(=S)N2CCCN2CCOCC2)c(C)n1Cc1ccccc1. The number of aryl methyl sites for hydroxylation is 1. The molecule has 0 aliphatic carbocycles. The smallest absolute Gasteiger partial charge is 0.170 e. The highest BCUT2D eigenvalue weighted by Gasteiger charge is 2.41. The summed E-state index contributed by atoms with van der Waals surface area (Å²) in [6.07, 6.45) is 2.94. The monoisotopic (exact) mass is 489 g/mol. The number of ether oxygens (including phenoxy) is 1. The summed E-state index contributed by atoms with van der Waals surface area (Å²) in [6.45, 7) is 11.0. The summed E-state index contributed by atoms with van der Waals surface area (Å²) >= 11 is 5.90. The first-order chi connectivity index (χ1) is 17.1. The molecule has 1 N–H and O–H groups in total. The molecule has 7 heteroatoms. The predicted molar refractivity (Wildman–Crippen MR) is 143 cm³/mol. The molecule has 0 bridgehead atoms. The van der Waals surface area contributed by atoms with E-state index in [1.165, 1.54) is 22.5 Å². The van der Waals surface area contributed by atoms with Crippen molar-refractivity contribution in [2.45, 2.75) is 38.9 Å². The van der Waals surface area contributed by atoms with Crippen LogP contribution >= 0.6 is 12.2 Å². The predicted octanol–water partition coefficient (Wildman–Crippen LogP) is 4.24. The number of hydrogen-bond donors (Lipinski definition) is 1. The molecule has 0 saturated carbocycles. The zero-order chi connectivity index (χ0) is 24.2. The van der Waals surface area contributed by atoms with Crippen LogP contribution < -0.4 is 5.32 Å². The summed E-state index contributed by atoms with van der Waals surface area (Å²) < 4.78 is 7.94. The number of morpholine rings is 1. The molecule has 4 heterocycles. The Hall–Kier alpha value is -2.74. The third-order valence-corrected chi connectivity index (χ3v) is 7.64. The first-order valence-electron chi connectivity index (χ1n) is 12.6. The van der Waals surface area contributed by atoms with Crippen LogP contribution in [0.1, 0.15) is 46.7 Å². The number of rotatable bonds is 8. The third-order valence-electron chi connectivity index (χ3n) is 7.29. The fourth-order valence-corrected chi connectivity index (χ4v) is 5.74. The van der Waals surface area contributed by atoms with Crippen molar-refractivity contribution in [2.75, 3.05) is 39.4 Å². The van der Waals surface area contributed by atoms with Crippen LogP contribution in [-0.4, -0.2) is 63.9 Å². The number of hydrogen-bond acceptors (Lipinski definition) is 4. The number of aromatic nitrogens is 2. The topological polar surface area (TPSA) is 45.6 Å². The summed E-state index contributed by atoms with van der Waals surface area (Å²) in [7, 11) is 0. The maximum Gasteiger partial charge on any atom is 0.170 e. The molecule has 184 valence electrons. The Morgan fingerprint density at radius 1 is 1.03 bits per heavy atom. The van der Waals surface area contributed by atoms with Crippen LogP contribution in [0.5, 0.6) is 0 Å². The van der Waals surface area contributed by atoms with Crippen LogP contribution in [0.4, 0.5) is 0 Å². The van der Waals surface area contributed by atoms with Crippen molar-refractivity contribution in [3.63, 3.8) is 0 Å². The van der Waals surface area contributed by atoms with E-state index in [4.69, 9.17) is 21.9 Å². The summed E-state index contributed by atoms with van der Waals surface area (Å²) in [5.41, 5.74) is 6.23. The van der Waals surface area contributed by atoms with Crippen molar-refractivity contribution in [2.24, 2.45) is 0 Å². The molecule has 0 unspecified atom stereocenters. The van der Waals surface area contributed by atoms with E-state index in [2.05, 4.69) is 82.1 Å². The van der Waals surface area contributed by atoms with Crippen molar-refractivity contribution < 1.29 is 4.74 Å². The minimum atomic E-state index is 0.0257. The number of nitrogens with zero attached hydrogens (tertiary/aromatic N) is 4. The van der Waals surface area contributed by atoms with Gasteiger partial charge < -0.3 is 19.5 Å². The molecule has 2 aliphatic heterocycles. The highest BCUT2D eigenvalue weighted by atomic mass is 32.1. The summed E-state index contributed by atoms with van der Waals surface area (Å²) in [5.74, 6) is 0. The van der Waals surface area contributed by atoms with E-state index < -0.39 is 0 Å². The number of thiocarbonyl (C=S) groups is 1. The Labute approximate surface area is 213 Å². The van der Waals surface area contributed by atoms with Gasteiger partial charge in [-0.15, -0.1) is 0 Å². The molecular formula is C28H35N5OS. The zero-order valence-electron chi connectivity index (χ0n) is 20.7. The molecule has 0 radical (unpaired) electrons. The van der Waals surface area contributed by atoms with Crippen molar-refractivity contribution in [3.05, 3.63) is 89.0 Å². The quantitative estimate of drug-likeness (QED) is 0.478. The second kappa shape index (κ2) is 10.9. The average molecular weight is 490 g/mol. The lowest BCUT2D eigenvalue weighted by atomic mass is 9.96. The van der Waals surface area contributed by atoms with E-state index >= 15 is 0 Å². The minimum Gasteiger partial charge on any atom is -0.379 e.